The van der Waals surface area contributed by atoms with Crippen LogP contribution in [0.15, 0.2) is 48.5 Å². The van der Waals surface area contributed by atoms with Crippen LogP contribution in [0.1, 0.15) is 11.4 Å². The number of halogens is 2. The second kappa shape index (κ2) is 8.52. The number of benzene rings is 2. The molecule has 6 nitrogen and oxygen atoms in total. The molecule has 3 aromatic rings. The number of aromatic nitrogens is 2. The van der Waals surface area contributed by atoms with Crippen LogP contribution < -0.4 is 10.2 Å². The van der Waals surface area contributed by atoms with Gasteiger partial charge in [0.25, 0.3) is 0 Å². The van der Waals surface area contributed by atoms with E-state index in [1.165, 1.54) is 17.6 Å². The van der Waals surface area contributed by atoms with E-state index in [0.717, 1.165) is 28.7 Å². The summed E-state index contributed by atoms with van der Waals surface area (Å²) in [7, 11) is 0. The molecule has 1 saturated heterocycles. The summed E-state index contributed by atoms with van der Waals surface area (Å²) in [5.41, 5.74) is 1.39. The Kier molecular flexibility index (Phi) is 5.66. The van der Waals surface area contributed by atoms with Crippen LogP contribution >= 0.6 is 11.5 Å². The molecule has 0 aliphatic carbocycles. The van der Waals surface area contributed by atoms with Crippen LogP contribution in [-0.2, 0) is 6.42 Å². The maximum atomic E-state index is 13.3. The summed E-state index contributed by atoms with van der Waals surface area (Å²) in [4.78, 5) is 20.7. The van der Waals surface area contributed by atoms with Crippen molar-refractivity contribution >= 4 is 28.4 Å². The van der Waals surface area contributed by atoms with Gasteiger partial charge in [0, 0.05) is 55.9 Å². The quantitative estimate of drug-likeness (QED) is 0.705. The number of rotatable bonds is 4. The molecule has 0 bridgehead atoms. The maximum absolute atomic E-state index is 13.3. The molecule has 2 amide bonds. The van der Waals surface area contributed by atoms with Crippen molar-refractivity contribution in [3.63, 3.8) is 0 Å². The molecule has 150 valence electrons. The van der Waals surface area contributed by atoms with Crippen LogP contribution in [0.5, 0.6) is 0 Å². The zero-order valence-electron chi connectivity index (χ0n) is 15.5. The van der Waals surface area contributed by atoms with Gasteiger partial charge in [-0.3, -0.25) is 0 Å². The predicted octanol–water partition coefficient (Wildman–Crippen LogP) is 3.76. The van der Waals surface area contributed by atoms with E-state index in [9.17, 15) is 13.6 Å². The lowest BCUT2D eigenvalue weighted by molar-refractivity contribution is 0.208. The third-order valence-electron chi connectivity index (χ3n) is 4.67. The smallest absolute Gasteiger partial charge is 0.321 e. The summed E-state index contributed by atoms with van der Waals surface area (Å²) in [6.07, 6.45) is 0.688. The molecular weight excluding hydrogens is 396 g/mol. The van der Waals surface area contributed by atoms with Gasteiger partial charge in [-0.15, -0.1) is 0 Å². The molecule has 0 atom stereocenters. The van der Waals surface area contributed by atoms with Gasteiger partial charge in [-0.2, -0.15) is 4.37 Å². The fourth-order valence-corrected chi connectivity index (χ4v) is 3.84. The van der Waals surface area contributed by atoms with Crippen LogP contribution in [0.4, 0.5) is 24.4 Å². The van der Waals surface area contributed by atoms with Gasteiger partial charge in [0.2, 0.25) is 5.13 Å². The Bertz CT molecular complexity index is 990. The first-order valence-electron chi connectivity index (χ1n) is 9.21. The molecule has 0 unspecified atom stereocenters. The van der Waals surface area contributed by atoms with Crippen LogP contribution in [0, 0.1) is 11.6 Å². The highest BCUT2D eigenvalue weighted by atomic mass is 32.1. The summed E-state index contributed by atoms with van der Waals surface area (Å²) in [5.74, 6) is -1.15. The van der Waals surface area contributed by atoms with Gasteiger partial charge in [-0.25, -0.2) is 18.6 Å². The third-order valence-corrected chi connectivity index (χ3v) is 5.49. The normalized spacial score (nSPS) is 14.1. The van der Waals surface area contributed by atoms with Gasteiger partial charge in [-0.05, 0) is 17.7 Å². The highest BCUT2D eigenvalue weighted by Gasteiger charge is 2.23. The Morgan fingerprint density at radius 2 is 1.79 bits per heavy atom. The summed E-state index contributed by atoms with van der Waals surface area (Å²) in [5, 5.41) is 3.45. The van der Waals surface area contributed by atoms with E-state index in [0.29, 0.717) is 32.6 Å². The Hall–Kier alpha value is -3.07. The highest BCUT2D eigenvalue weighted by molar-refractivity contribution is 7.09. The molecular formula is C20H19F2N5OS. The van der Waals surface area contributed by atoms with Crippen LogP contribution in [-0.4, -0.2) is 46.5 Å². The molecule has 9 heteroatoms. The number of hydrogen-bond donors (Lipinski definition) is 1. The largest absolute Gasteiger partial charge is 0.343 e. The molecule has 1 fully saturated rings. The second-order valence-corrected chi connectivity index (χ2v) is 7.42. The van der Waals surface area contributed by atoms with Crippen molar-refractivity contribution in [3.05, 3.63) is 71.6 Å². The van der Waals surface area contributed by atoms with Crippen molar-refractivity contribution in [1.29, 1.82) is 0 Å². The topological polar surface area (TPSA) is 61.4 Å². The molecule has 1 aliphatic heterocycles. The van der Waals surface area contributed by atoms with Crippen molar-refractivity contribution < 1.29 is 13.6 Å². The highest BCUT2D eigenvalue weighted by Crippen LogP contribution is 2.21. The molecule has 1 aromatic heterocycles. The number of piperazine rings is 1. The number of hydrogen-bond acceptors (Lipinski definition) is 5. The maximum Gasteiger partial charge on any atom is 0.321 e. The summed E-state index contributed by atoms with van der Waals surface area (Å²) in [6.45, 7) is 2.27. The van der Waals surface area contributed by atoms with Crippen molar-refractivity contribution in [2.45, 2.75) is 6.42 Å². The number of nitrogens with zero attached hydrogens (tertiary/aromatic N) is 4. The van der Waals surface area contributed by atoms with Gasteiger partial charge in [0.1, 0.15) is 5.82 Å². The lowest BCUT2D eigenvalue weighted by Crippen LogP contribution is -2.50. The molecule has 0 radical (unpaired) electrons. The van der Waals surface area contributed by atoms with Crippen molar-refractivity contribution in [3.8, 4) is 0 Å². The van der Waals surface area contributed by atoms with E-state index in [1.807, 2.05) is 30.3 Å². The Labute approximate surface area is 171 Å². The first kappa shape index (κ1) is 19.3. The fraction of sp³-hybridized carbons (Fsp3) is 0.250. The second-order valence-electron chi connectivity index (χ2n) is 6.69. The molecule has 29 heavy (non-hydrogen) atoms. The number of urea groups is 1. The molecule has 0 saturated carbocycles. The lowest BCUT2D eigenvalue weighted by Gasteiger charge is -2.34. The van der Waals surface area contributed by atoms with Gasteiger partial charge in [0.15, 0.2) is 11.6 Å². The Morgan fingerprint density at radius 3 is 2.52 bits per heavy atom. The van der Waals surface area contributed by atoms with E-state index in [2.05, 4.69) is 19.6 Å². The van der Waals surface area contributed by atoms with Gasteiger partial charge >= 0.3 is 6.03 Å². The first-order chi connectivity index (χ1) is 14.1. The molecule has 2 aromatic carbocycles. The zero-order chi connectivity index (χ0) is 20.2. The average molecular weight is 415 g/mol. The van der Waals surface area contributed by atoms with Gasteiger partial charge in [0.05, 0.1) is 0 Å². The average Bonchev–Trinajstić information content (AvgIpc) is 3.20. The summed E-state index contributed by atoms with van der Waals surface area (Å²) in [6, 6.07) is 13.0. The zero-order valence-corrected chi connectivity index (χ0v) is 16.3. The van der Waals surface area contributed by atoms with E-state index < -0.39 is 11.6 Å². The number of nitrogens with one attached hydrogen (secondary N) is 1. The molecule has 2 heterocycles. The summed E-state index contributed by atoms with van der Waals surface area (Å²) >= 11 is 1.36. The van der Waals surface area contributed by atoms with E-state index in [4.69, 9.17) is 0 Å². The predicted molar refractivity (Wildman–Crippen MR) is 108 cm³/mol. The minimum atomic E-state index is -0.991. The van der Waals surface area contributed by atoms with Crippen LogP contribution in [0.25, 0.3) is 0 Å². The van der Waals surface area contributed by atoms with E-state index in [1.54, 1.807) is 4.90 Å². The molecule has 4 rings (SSSR count). The molecule has 1 N–H and O–H groups in total. The van der Waals surface area contributed by atoms with Crippen molar-refractivity contribution in [2.75, 3.05) is 36.4 Å². The first-order valence-corrected chi connectivity index (χ1v) is 9.98. The molecule has 1 aliphatic rings. The lowest BCUT2D eigenvalue weighted by atomic mass is 10.1. The number of carbonyl (C=O) groups is 1. The number of anilines is 2. The monoisotopic (exact) mass is 415 g/mol. The minimum absolute atomic E-state index is 0.228. The molecule has 0 spiro atoms. The Balaban J connectivity index is 1.31. The van der Waals surface area contributed by atoms with Crippen LogP contribution in [0.2, 0.25) is 0 Å². The van der Waals surface area contributed by atoms with Gasteiger partial charge in [-0.1, -0.05) is 30.3 Å². The standard InChI is InChI=1S/C20H19F2N5OS/c21-16-7-6-15(13-17(16)22)23-19(28)26-8-10-27(11-9-26)20-24-18(25-29-20)12-14-4-2-1-3-5-14/h1-7,13H,8-12H2,(H,23,28). The van der Waals surface area contributed by atoms with Crippen molar-refractivity contribution in [2.24, 2.45) is 0 Å². The minimum Gasteiger partial charge on any atom is -0.343 e. The van der Waals surface area contributed by atoms with Crippen LogP contribution in [0.3, 0.4) is 0 Å². The number of amides is 2. The van der Waals surface area contributed by atoms with Gasteiger partial charge < -0.3 is 15.1 Å². The third kappa shape index (κ3) is 4.68. The van der Waals surface area contributed by atoms with E-state index in [-0.39, 0.29) is 11.7 Å². The number of carbonyl (C=O) groups excluding carboxylic acids is 1. The Morgan fingerprint density at radius 1 is 1.03 bits per heavy atom. The van der Waals surface area contributed by atoms with E-state index >= 15 is 0 Å². The summed E-state index contributed by atoms with van der Waals surface area (Å²) < 4.78 is 30.7. The SMILES string of the molecule is O=C(Nc1ccc(F)c(F)c1)N1CCN(c2nc(Cc3ccccc3)ns2)CC1. The van der Waals surface area contributed by atoms with Crippen molar-refractivity contribution in [1.82, 2.24) is 14.3 Å². The fourth-order valence-electron chi connectivity index (χ4n) is 3.10.